The fourth-order valence-electron chi connectivity index (χ4n) is 3.09. The lowest BCUT2D eigenvalue weighted by molar-refractivity contribution is -0.129. The van der Waals surface area contributed by atoms with Gasteiger partial charge < -0.3 is 19.1 Å². The number of nitrogens with zero attached hydrogens (tertiary/aromatic N) is 5. The minimum absolute atomic E-state index is 0.162. The summed E-state index contributed by atoms with van der Waals surface area (Å²) in [4.78, 5) is 16.7. The molecule has 27 heavy (non-hydrogen) atoms. The summed E-state index contributed by atoms with van der Waals surface area (Å²) in [5.41, 5.74) is 0.922. The van der Waals surface area contributed by atoms with Crippen molar-refractivity contribution < 1.29 is 9.53 Å². The molecule has 0 radical (unpaired) electrons. The molecule has 1 saturated heterocycles. The predicted molar refractivity (Wildman–Crippen MR) is 107 cm³/mol. The van der Waals surface area contributed by atoms with Crippen LogP contribution in [0.2, 0.25) is 0 Å². The lowest BCUT2D eigenvalue weighted by atomic mass is 10.2. The van der Waals surface area contributed by atoms with E-state index in [1.165, 1.54) is 11.8 Å². The van der Waals surface area contributed by atoms with Crippen molar-refractivity contribution in [2.24, 2.45) is 0 Å². The Kier molecular flexibility index (Phi) is 6.73. The molecule has 1 fully saturated rings. The standard InChI is InChI=1S/C19H27N5O2S/c1-4-24-18(15-8-6-7-9-16(15)26-5-2)20-21-19(24)27-14-17(25)23-12-10-22(3)11-13-23/h6-9H,4-5,10-14H2,1-3H3. The topological polar surface area (TPSA) is 63.5 Å². The van der Waals surface area contributed by atoms with E-state index in [4.69, 9.17) is 4.74 Å². The molecule has 1 aromatic heterocycles. The number of likely N-dealkylation sites (N-methyl/N-ethyl adjacent to an activating group) is 1. The Hall–Kier alpha value is -2.06. The number of carbonyl (C=O) groups excluding carboxylic acids is 1. The van der Waals surface area contributed by atoms with Crippen LogP contribution in [-0.2, 0) is 11.3 Å². The van der Waals surface area contributed by atoms with Crippen molar-refractivity contribution in [2.45, 2.75) is 25.5 Å². The van der Waals surface area contributed by atoms with Crippen LogP contribution in [0.3, 0.4) is 0 Å². The quantitative estimate of drug-likeness (QED) is 0.677. The second kappa shape index (κ2) is 9.23. The molecule has 3 rings (SSSR count). The smallest absolute Gasteiger partial charge is 0.233 e. The zero-order valence-corrected chi connectivity index (χ0v) is 17.0. The van der Waals surface area contributed by atoms with Crippen molar-refractivity contribution in [1.29, 1.82) is 0 Å². The van der Waals surface area contributed by atoms with Gasteiger partial charge in [0.2, 0.25) is 5.91 Å². The van der Waals surface area contributed by atoms with E-state index in [0.717, 1.165) is 55.0 Å². The molecule has 2 heterocycles. The van der Waals surface area contributed by atoms with Gasteiger partial charge in [0, 0.05) is 32.7 Å². The van der Waals surface area contributed by atoms with Crippen LogP contribution in [0.15, 0.2) is 29.4 Å². The second-order valence-corrected chi connectivity index (χ2v) is 7.39. The second-order valence-electron chi connectivity index (χ2n) is 6.45. The monoisotopic (exact) mass is 389 g/mol. The van der Waals surface area contributed by atoms with Gasteiger partial charge in [-0.25, -0.2) is 0 Å². The number of aromatic nitrogens is 3. The molecule has 2 aromatic rings. The number of amides is 1. The summed E-state index contributed by atoms with van der Waals surface area (Å²) < 4.78 is 7.78. The highest BCUT2D eigenvalue weighted by atomic mass is 32.2. The van der Waals surface area contributed by atoms with Crippen molar-refractivity contribution >= 4 is 17.7 Å². The molecule has 0 unspecified atom stereocenters. The van der Waals surface area contributed by atoms with Crippen molar-refractivity contribution in [1.82, 2.24) is 24.6 Å². The van der Waals surface area contributed by atoms with Crippen LogP contribution >= 0.6 is 11.8 Å². The maximum absolute atomic E-state index is 12.5. The molecule has 146 valence electrons. The minimum Gasteiger partial charge on any atom is -0.493 e. The zero-order valence-electron chi connectivity index (χ0n) is 16.2. The van der Waals surface area contributed by atoms with Gasteiger partial charge in [0.15, 0.2) is 11.0 Å². The van der Waals surface area contributed by atoms with Gasteiger partial charge >= 0.3 is 0 Å². The molecule has 0 saturated carbocycles. The molecule has 1 aliphatic rings. The first-order valence-electron chi connectivity index (χ1n) is 9.38. The molecular weight excluding hydrogens is 362 g/mol. The highest BCUT2D eigenvalue weighted by Crippen LogP contribution is 2.31. The number of para-hydroxylation sites is 1. The number of benzene rings is 1. The molecule has 0 N–H and O–H groups in total. The van der Waals surface area contributed by atoms with Crippen LogP contribution in [0.5, 0.6) is 5.75 Å². The Morgan fingerprint density at radius 1 is 1.15 bits per heavy atom. The van der Waals surface area contributed by atoms with Crippen molar-refractivity contribution in [3.63, 3.8) is 0 Å². The summed E-state index contributed by atoms with van der Waals surface area (Å²) in [7, 11) is 2.09. The lowest BCUT2D eigenvalue weighted by Crippen LogP contribution is -2.47. The molecule has 1 amide bonds. The number of piperazine rings is 1. The predicted octanol–water partition coefficient (Wildman–Crippen LogP) is 2.23. The van der Waals surface area contributed by atoms with E-state index < -0.39 is 0 Å². The molecular formula is C19H27N5O2S. The third-order valence-corrected chi connectivity index (χ3v) is 5.59. The van der Waals surface area contributed by atoms with Gasteiger partial charge in [-0.1, -0.05) is 23.9 Å². The summed E-state index contributed by atoms with van der Waals surface area (Å²) in [5, 5.41) is 9.48. The average molecular weight is 390 g/mol. The highest BCUT2D eigenvalue weighted by molar-refractivity contribution is 7.99. The van der Waals surface area contributed by atoms with E-state index in [2.05, 4.69) is 29.1 Å². The summed E-state index contributed by atoms with van der Waals surface area (Å²) in [6, 6.07) is 7.85. The molecule has 0 spiro atoms. The largest absolute Gasteiger partial charge is 0.493 e. The molecule has 0 atom stereocenters. The molecule has 1 aliphatic heterocycles. The van der Waals surface area contributed by atoms with Gasteiger partial charge in [-0.15, -0.1) is 10.2 Å². The van der Waals surface area contributed by atoms with Gasteiger partial charge in [-0.3, -0.25) is 4.79 Å². The third kappa shape index (κ3) is 4.62. The van der Waals surface area contributed by atoms with Gasteiger partial charge in [0.05, 0.1) is 17.9 Å². The van der Waals surface area contributed by atoms with E-state index >= 15 is 0 Å². The molecule has 1 aromatic carbocycles. The summed E-state index contributed by atoms with van der Waals surface area (Å²) in [5.74, 6) is 2.12. The van der Waals surface area contributed by atoms with Crippen LogP contribution in [0.25, 0.3) is 11.4 Å². The Morgan fingerprint density at radius 3 is 2.59 bits per heavy atom. The van der Waals surface area contributed by atoms with E-state index in [-0.39, 0.29) is 5.91 Å². The summed E-state index contributed by atoms with van der Waals surface area (Å²) in [6.45, 7) is 8.80. The Labute approximate surface area is 164 Å². The first-order valence-corrected chi connectivity index (χ1v) is 10.4. The van der Waals surface area contributed by atoms with Gasteiger partial charge in [-0.2, -0.15) is 0 Å². The van der Waals surface area contributed by atoms with Crippen molar-refractivity contribution in [3.8, 4) is 17.1 Å². The van der Waals surface area contributed by atoms with Crippen LogP contribution in [0, 0.1) is 0 Å². The average Bonchev–Trinajstić information content (AvgIpc) is 3.10. The van der Waals surface area contributed by atoms with E-state index in [9.17, 15) is 4.79 Å². The molecule has 0 aliphatic carbocycles. The number of thioether (sulfide) groups is 1. The van der Waals surface area contributed by atoms with Crippen LogP contribution < -0.4 is 4.74 Å². The number of ether oxygens (including phenoxy) is 1. The SMILES string of the molecule is CCOc1ccccc1-c1nnc(SCC(=O)N2CCN(C)CC2)n1CC. The summed E-state index contributed by atoms with van der Waals surface area (Å²) in [6.07, 6.45) is 0. The van der Waals surface area contributed by atoms with E-state index in [1.807, 2.05) is 40.7 Å². The molecule has 8 heteroatoms. The minimum atomic E-state index is 0.162. The maximum Gasteiger partial charge on any atom is 0.233 e. The van der Waals surface area contributed by atoms with Crippen molar-refractivity contribution in [2.75, 3.05) is 45.6 Å². The molecule has 0 bridgehead atoms. The zero-order chi connectivity index (χ0) is 19.2. The van der Waals surface area contributed by atoms with E-state index in [1.54, 1.807) is 0 Å². The normalized spacial score (nSPS) is 15.1. The maximum atomic E-state index is 12.5. The third-order valence-electron chi connectivity index (χ3n) is 4.64. The summed E-state index contributed by atoms with van der Waals surface area (Å²) >= 11 is 1.45. The van der Waals surface area contributed by atoms with Gasteiger partial charge in [0.25, 0.3) is 0 Å². The van der Waals surface area contributed by atoms with Crippen LogP contribution in [0.1, 0.15) is 13.8 Å². The van der Waals surface area contributed by atoms with Crippen molar-refractivity contribution in [3.05, 3.63) is 24.3 Å². The fraction of sp³-hybridized carbons (Fsp3) is 0.526. The lowest BCUT2D eigenvalue weighted by Gasteiger charge is -2.32. The van der Waals surface area contributed by atoms with Gasteiger partial charge in [-0.05, 0) is 33.0 Å². The Morgan fingerprint density at radius 2 is 1.89 bits per heavy atom. The Bertz CT molecular complexity index is 771. The number of rotatable bonds is 7. The number of hydrogen-bond donors (Lipinski definition) is 0. The number of hydrogen-bond acceptors (Lipinski definition) is 6. The van der Waals surface area contributed by atoms with Gasteiger partial charge in [0.1, 0.15) is 5.75 Å². The van der Waals surface area contributed by atoms with E-state index in [0.29, 0.717) is 12.4 Å². The fourth-order valence-corrected chi connectivity index (χ4v) is 3.99. The number of carbonyl (C=O) groups is 1. The molecule has 7 nitrogen and oxygen atoms in total. The van der Waals surface area contributed by atoms with Crippen LogP contribution in [-0.4, -0.2) is 76.1 Å². The first-order chi connectivity index (χ1) is 13.1. The highest BCUT2D eigenvalue weighted by Gasteiger charge is 2.21. The Balaban J connectivity index is 1.72. The first kappa shape index (κ1) is 19.7. The van der Waals surface area contributed by atoms with Crippen LogP contribution in [0.4, 0.5) is 0 Å².